The van der Waals surface area contributed by atoms with Gasteiger partial charge in [-0.25, -0.2) is 8.42 Å². The Bertz CT molecular complexity index is 553. The quantitative estimate of drug-likeness (QED) is 0.737. The first-order chi connectivity index (χ1) is 9.25. The monoisotopic (exact) mass is 301 g/mol. The first-order valence-corrected chi connectivity index (χ1v) is 8.04. The van der Waals surface area contributed by atoms with E-state index in [0.29, 0.717) is 5.56 Å². The Morgan fingerprint density at radius 1 is 1.35 bits per heavy atom. The van der Waals surface area contributed by atoms with E-state index in [1.54, 1.807) is 6.92 Å². The average molecular weight is 301 g/mol. The van der Waals surface area contributed by atoms with Crippen LogP contribution in [-0.4, -0.2) is 38.4 Å². The van der Waals surface area contributed by atoms with Gasteiger partial charge in [0.15, 0.2) is 9.84 Å². The van der Waals surface area contributed by atoms with E-state index in [1.165, 1.54) is 24.3 Å². The van der Waals surface area contributed by atoms with Crippen LogP contribution >= 0.6 is 0 Å². The summed E-state index contributed by atoms with van der Waals surface area (Å²) >= 11 is 0. The maximum Gasteiger partial charge on any atom is 0.307 e. The lowest BCUT2D eigenvalue weighted by Gasteiger charge is -2.18. The minimum atomic E-state index is -3.28. The third-order valence-electron chi connectivity index (χ3n) is 2.76. The number of hydrogen-bond acceptors (Lipinski definition) is 6. The zero-order valence-electron chi connectivity index (χ0n) is 11.4. The van der Waals surface area contributed by atoms with Crippen molar-refractivity contribution >= 4 is 15.8 Å². The van der Waals surface area contributed by atoms with Crippen LogP contribution in [0.15, 0.2) is 29.2 Å². The number of aliphatic hydroxyl groups excluding tert-OH is 1. The van der Waals surface area contributed by atoms with Gasteiger partial charge in [-0.05, 0) is 24.6 Å². The number of ether oxygens (including phenoxy) is 1. The van der Waals surface area contributed by atoms with E-state index in [1.807, 2.05) is 0 Å². The summed E-state index contributed by atoms with van der Waals surface area (Å²) in [5.41, 5.74) is 6.19. The number of carbonyl (C=O) groups is 1. The smallest absolute Gasteiger partial charge is 0.307 e. The van der Waals surface area contributed by atoms with Crippen molar-refractivity contribution < 1.29 is 23.1 Å². The SMILES string of the molecule is CCOC(=O)CC(N)C(O)c1ccc(S(C)(=O)=O)cc1. The first kappa shape index (κ1) is 16.6. The van der Waals surface area contributed by atoms with E-state index in [4.69, 9.17) is 10.5 Å². The number of sulfone groups is 1. The fourth-order valence-electron chi connectivity index (χ4n) is 1.68. The van der Waals surface area contributed by atoms with E-state index < -0.39 is 28.0 Å². The van der Waals surface area contributed by atoms with Gasteiger partial charge in [-0.2, -0.15) is 0 Å². The van der Waals surface area contributed by atoms with Crippen molar-refractivity contribution in [3.8, 4) is 0 Å². The second kappa shape index (κ2) is 6.83. The van der Waals surface area contributed by atoms with Crippen LogP contribution in [0.5, 0.6) is 0 Å². The van der Waals surface area contributed by atoms with Crippen LogP contribution < -0.4 is 5.73 Å². The van der Waals surface area contributed by atoms with Gasteiger partial charge in [-0.15, -0.1) is 0 Å². The van der Waals surface area contributed by atoms with Gasteiger partial charge in [0.2, 0.25) is 0 Å². The van der Waals surface area contributed by atoms with Gasteiger partial charge in [-0.1, -0.05) is 12.1 Å². The Labute approximate surface area is 118 Å². The molecule has 20 heavy (non-hydrogen) atoms. The van der Waals surface area contributed by atoms with E-state index in [-0.39, 0.29) is 17.9 Å². The van der Waals surface area contributed by atoms with Gasteiger partial charge in [0.25, 0.3) is 0 Å². The Hall–Kier alpha value is -1.44. The number of aliphatic hydroxyl groups is 1. The van der Waals surface area contributed by atoms with Gasteiger partial charge in [0.05, 0.1) is 24.0 Å². The summed E-state index contributed by atoms with van der Waals surface area (Å²) in [5, 5.41) is 10.0. The second-order valence-electron chi connectivity index (χ2n) is 4.46. The highest BCUT2D eigenvalue weighted by Crippen LogP contribution is 2.20. The van der Waals surface area contributed by atoms with Crippen molar-refractivity contribution in [1.29, 1.82) is 0 Å². The predicted molar refractivity (Wildman–Crippen MR) is 73.7 cm³/mol. The lowest BCUT2D eigenvalue weighted by atomic mass is 10.0. The zero-order chi connectivity index (χ0) is 15.3. The first-order valence-electron chi connectivity index (χ1n) is 6.15. The summed E-state index contributed by atoms with van der Waals surface area (Å²) < 4.78 is 27.4. The summed E-state index contributed by atoms with van der Waals surface area (Å²) in [7, 11) is -3.28. The molecule has 2 atom stereocenters. The van der Waals surface area contributed by atoms with Gasteiger partial charge < -0.3 is 15.6 Å². The molecule has 0 spiro atoms. The van der Waals surface area contributed by atoms with Gasteiger partial charge >= 0.3 is 5.97 Å². The summed E-state index contributed by atoms with van der Waals surface area (Å²) in [6.07, 6.45) is -0.0682. The van der Waals surface area contributed by atoms with Crippen molar-refractivity contribution in [2.75, 3.05) is 12.9 Å². The summed E-state index contributed by atoms with van der Waals surface area (Å²) in [5.74, 6) is -0.480. The van der Waals surface area contributed by atoms with E-state index in [2.05, 4.69) is 0 Å². The lowest BCUT2D eigenvalue weighted by Crippen LogP contribution is -2.31. The minimum absolute atomic E-state index is 0.108. The van der Waals surface area contributed by atoms with Crippen LogP contribution in [0.1, 0.15) is 25.0 Å². The molecule has 0 aliphatic heterocycles. The summed E-state index contributed by atoms with van der Waals surface area (Å²) in [4.78, 5) is 11.4. The molecule has 2 unspecified atom stereocenters. The lowest BCUT2D eigenvalue weighted by molar-refractivity contribution is -0.144. The van der Waals surface area contributed by atoms with Crippen LogP contribution in [0.4, 0.5) is 0 Å². The third kappa shape index (κ3) is 4.59. The second-order valence-corrected chi connectivity index (χ2v) is 6.47. The number of benzene rings is 1. The van der Waals surface area contributed by atoms with Crippen molar-refractivity contribution in [2.45, 2.75) is 30.4 Å². The maximum absolute atomic E-state index is 11.3. The number of nitrogens with two attached hydrogens (primary N) is 1. The normalized spacial score (nSPS) is 14.6. The molecular weight excluding hydrogens is 282 g/mol. The predicted octanol–water partition coefficient (Wildman–Crippen LogP) is 0.404. The Morgan fingerprint density at radius 3 is 2.35 bits per heavy atom. The number of hydrogen-bond donors (Lipinski definition) is 2. The van der Waals surface area contributed by atoms with Crippen LogP contribution in [0.3, 0.4) is 0 Å². The Kier molecular flexibility index (Phi) is 5.67. The Balaban J connectivity index is 2.77. The standard InChI is InChI=1S/C13H19NO5S/c1-3-19-12(15)8-11(14)13(16)9-4-6-10(7-5-9)20(2,17)18/h4-7,11,13,16H,3,8,14H2,1-2H3. The molecule has 0 fully saturated rings. The van der Waals surface area contributed by atoms with E-state index in [9.17, 15) is 18.3 Å². The fourth-order valence-corrected chi connectivity index (χ4v) is 2.31. The molecule has 1 aromatic carbocycles. The highest BCUT2D eigenvalue weighted by atomic mass is 32.2. The fraction of sp³-hybridized carbons (Fsp3) is 0.462. The molecule has 0 amide bonds. The number of rotatable bonds is 6. The summed E-state index contributed by atoms with van der Waals surface area (Å²) in [6.45, 7) is 1.94. The largest absolute Gasteiger partial charge is 0.466 e. The zero-order valence-corrected chi connectivity index (χ0v) is 12.3. The molecule has 0 radical (unpaired) electrons. The number of esters is 1. The van der Waals surface area contributed by atoms with Crippen molar-refractivity contribution in [2.24, 2.45) is 5.73 Å². The molecule has 1 rings (SSSR count). The molecule has 1 aromatic rings. The van der Waals surface area contributed by atoms with Gasteiger partial charge in [-0.3, -0.25) is 4.79 Å². The molecule has 0 bridgehead atoms. The van der Waals surface area contributed by atoms with Crippen LogP contribution in [0.2, 0.25) is 0 Å². The molecule has 6 nitrogen and oxygen atoms in total. The molecular formula is C13H19NO5S. The van der Waals surface area contributed by atoms with Gasteiger partial charge in [0, 0.05) is 12.3 Å². The molecule has 112 valence electrons. The van der Waals surface area contributed by atoms with Crippen molar-refractivity contribution in [3.05, 3.63) is 29.8 Å². The van der Waals surface area contributed by atoms with Crippen molar-refractivity contribution in [1.82, 2.24) is 0 Å². The Morgan fingerprint density at radius 2 is 1.90 bits per heavy atom. The molecule has 7 heteroatoms. The third-order valence-corrected chi connectivity index (χ3v) is 3.89. The highest BCUT2D eigenvalue weighted by Gasteiger charge is 2.21. The average Bonchev–Trinajstić information content (AvgIpc) is 2.37. The van der Waals surface area contributed by atoms with Crippen LogP contribution in [-0.2, 0) is 19.4 Å². The van der Waals surface area contributed by atoms with Gasteiger partial charge in [0.1, 0.15) is 0 Å². The molecule has 0 saturated carbocycles. The molecule has 0 aliphatic carbocycles. The molecule has 0 aliphatic rings. The highest BCUT2D eigenvalue weighted by molar-refractivity contribution is 7.90. The maximum atomic E-state index is 11.3. The van der Waals surface area contributed by atoms with Crippen molar-refractivity contribution in [3.63, 3.8) is 0 Å². The van der Waals surface area contributed by atoms with E-state index in [0.717, 1.165) is 6.26 Å². The molecule has 0 heterocycles. The van der Waals surface area contributed by atoms with E-state index >= 15 is 0 Å². The topological polar surface area (TPSA) is 107 Å². The van der Waals surface area contributed by atoms with Crippen LogP contribution in [0.25, 0.3) is 0 Å². The molecule has 0 aromatic heterocycles. The number of carbonyl (C=O) groups excluding carboxylic acids is 1. The summed E-state index contributed by atoms with van der Waals surface area (Å²) in [6, 6.07) is 4.94. The molecule has 3 N–H and O–H groups in total. The minimum Gasteiger partial charge on any atom is -0.466 e. The van der Waals surface area contributed by atoms with Crippen LogP contribution in [0, 0.1) is 0 Å². The molecule has 0 saturated heterocycles.